The molecule has 5 heteroatoms. The molecule has 3 nitrogen and oxygen atoms in total. The Morgan fingerprint density at radius 3 is 2.76 bits per heavy atom. The van der Waals surface area contributed by atoms with Gasteiger partial charge in [-0.15, -0.1) is 11.3 Å². The van der Waals surface area contributed by atoms with Crippen molar-refractivity contribution in [2.75, 3.05) is 0 Å². The molecule has 2 aromatic heterocycles. The van der Waals surface area contributed by atoms with Crippen LogP contribution >= 0.6 is 23.6 Å². The summed E-state index contributed by atoms with van der Waals surface area (Å²) in [4.78, 5) is 4.44. The van der Waals surface area contributed by atoms with Crippen LogP contribution in [0.15, 0.2) is 30.3 Å². The third kappa shape index (κ3) is 1.77. The van der Waals surface area contributed by atoms with Crippen molar-refractivity contribution in [3.05, 3.63) is 40.0 Å². The maximum atomic E-state index is 5.20. The number of aromatic nitrogens is 3. The minimum absolute atomic E-state index is 0.601. The molecule has 17 heavy (non-hydrogen) atoms. The van der Waals surface area contributed by atoms with E-state index in [1.807, 2.05) is 37.3 Å². The molecule has 3 rings (SSSR count). The van der Waals surface area contributed by atoms with Crippen LogP contribution < -0.4 is 0 Å². The first-order valence-electron chi connectivity index (χ1n) is 5.17. The lowest BCUT2D eigenvalue weighted by Crippen LogP contribution is -1.89. The van der Waals surface area contributed by atoms with E-state index in [1.54, 1.807) is 11.3 Å². The van der Waals surface area contributed by atoms with E-state index in [9.17, 15) is 0 Å². The third-order valence-electron chi connectivity index (χ3n) is 2.48. The Labute approximate surface area is 107 Å². The number of rotatable bonds is 1. The summed E-state index contributed by atoms with van der Waals surface area (Å²) in [5.74, 6) is 0. The Morgan fingerprint density at radius 2 is 2.00 bits per heavy atom. The van der Waals surface area contributed by atoms with E-state index in [-0.39, 0.29) is 0 Å². The van der Waals surface area contributed by atoms with Crippen LogP contribution in [0.5, 0.6) is 0 Å². The number of hydrogen-bond donors (Lipinski definition) is 1. The Hall–Kier alpha value is -1.59. The highest BCUT2D eigenvalue weighted by Crippen LogP contribution is 2.30. The highest BCUT2D eigenvalue weighted by atomic mass is 32.1. The van der Waals surface area contributed by atoms with Gasteiger partial charge in [0, 0.05) is 5.56 Å². The minimum Gasteiger partial charge on any atom is -0.265 e. The fraction of sp³-hybridized carbons (Fsp3) is 0.0833. The number of fused-ring (bicyclic) bond motifs is 1. The minimum atomic E-state index is 0.601. The van der Waals surface area contributed by atoms with Crippen molar-refractivity contribution in [2.45, 2.75) is 6.92 Å². The first-order valence-corrected chi connectivity index (χ1v) is 6.39. The lowest BCUT2D eigenvalue weighted by Gasteiger charge is -2.00. The van der Waals surface area contributed by atoms with E-state index < -0.39 is 0 Å². The van der Waals surface area contributed by atoms with E-state index in [2.05, 4.69) is 15.2 Å². The zero-order valence-corrected chi connectivity index (χ0v) is 10.7. The number of thiazole rings is 1. The van der Waals surface area contributed by atoms with Gasteiger partial charge in [0.1, 0.15) is 15.9 Å². The van der Waals surface area contributed by atoms with Crippen molar-refractivity contribution in [2.24, 2.45) is 0 Å². The molecular formula is C12H9N3S2. The standard InChI is InChI=1S/C12H9N3S2/c1-7-13-10-11(17-7)9(14-15-12(10)16)8-5-3-2-4-6-8/h2-6H,1H3,(H,15,16). The highest BCUT2D eigenvalue weighted by Gasteiger charge is 2.10. The van der Waals surface area contributed by atoms with Crippen LogP contribution in [-0.4, -0.2) is 15.2 Å². The Balaban J connectivity index is 2.38. The summed E-state index contributed by atoms with van der Waals surface area (Å²) in [6, 6.07) is 10.1. The van der Waals surface area contributed by atoms with Crippen LogP contribution in [0.25, 0.3) is 21.5 Å². The molecule has 0 radical (unpaired) electrons. The first-order chi connectivity index (χ1) is 8.25. The van der Waals surface area contributed by atoms with E-state index in [0.717, 1.165) is 26.5 Å². The summed E-state index contributed by atoms with van der Waals surface area (Å²) < 4.78 is 1.65. The smallest absolute Gasteiger partial charge is 0.147 e. The molecule has 1 aromatic carbocycles. The van der Waals surface area contributed by atoms with Crippen molar-refractivity contribution in [1.29, 1.82) is 0 Å². The van der Waals surface area contributed by atoms with Crippen LogP contribution in [0.1, 0.15) is 5.01 Å². The lowest BCUT2D eigenvalue weighted by atomic mass is 10.1. The Bertz CT molecular complexity index is 728. The van der Waals surface area contributed by atoms with Gasteiger partial charge in [0.25, 0.3) is 0 Å². The van der Waals surface area contributed by atoms with Crippen LogP contribution in [0.4, 0.5) is 0 Å². The third-order valence-corrected chi connectivity index (χ3v) is 3.74. The predicted molar refractivity (Wildman–Crippen MR) is 72.8 cm³/mol. The largest absolute Gasteiger partial charge is 0.265 e. The van der Waals surface area contributed by atoms with Crippen molar-refractivity contribution in [1.82, 2.24) is 15.2 Å². The second-order valence-corrected chi connectivity index (χ2v) is 5.29. The van der Waals surface area contributed by atoms with Gasteiger partial charge in [0.2, 0.25) is 0 Å². The number of H-pyrrole nitrogens is 1. The number of benzene rings is 1. The summed E-state index contributed by atoms with van der Waals surface area (Å²) in [6.07, 6.45) is 0. The molecule has 0 fully saturated rings. The summed E-state index contributed by atoms with van der Waals surface area (Å²) in [6.45, 7) is 1.98. The second-order valence-electron chi connectivity index (χ2n) is 3.68. The van der Waals surface area contributed by atoms with Gasteiger partial charge in [-0.1, -0.05) is 42.5 Å². The Morgan fingerprint density at radius 1 is 1.24 bits per heavy atom. The number of nitrogens with one attached hydrogen (secondary N) is 1. The summed E-state index contributed by atoms with van der Waals surface area (Å²) in [5, 5.41) is 8.20. The average Bonchev–Trinajstić information content (AvgIpc) is 2.73. The summed E-state index contributed by atoms with van der Waals surface area (Å²) in [5.41, 5.74) is 2.84. The summed E-state index contributed by atoms with van der Waals surface area (Å²) >= 11 is 6.83. The molecule has 0 bridgehead atoms. The number of hydrogen-bond acceptors (Lipinski definition) is 4. The average molecular weight is 259 g/mol. The van der Waals surface area contributed by atoms with Gasteiger partial charge in [0.15, 0.2) is 0 Å². The molecule has 0 amide bonds. The Kier molecular flexibility index (Phi) is 2.49. The predicted octanol–water partition coefficient (Wildman–Crippen LogP) is 3.72. The topological polar surface area (TPSA) is 41.6 Å². The fourth-order valence-corrected chi connectivity index (χ4v) is 2.94. The van der Waals surface area contributed by atoms with E-state index in [4.69, 9.17) is 12.2 Å². The van der Waals surface area contributed by atoms with Crippen LogP contribution in [0.3, 0.4) is 0 Å². The van der Waals surface area contributed by atoms with Gasteiger partial charge in [0.05, 0.1) is 9.71 Å². The van der Waals surface area contributed by atoms with Crippen molar-refractivity contribution in [3.8, 4) is 11.3 Å². The highest BCUT2D eigenvalue weighted by molar-refractivity contribution is 7.71. The zero-order chi connectivity index (χ0) is 11.8. The van der Waals surface area contributed by atoms with Gasteiger partial charge in [-0.05, 0) is 6.92 Å². The number of nitrogens with zero attached hydrogens (tertiary/aromatic N) is 2. The molecule has 0 saturated heterocycles. The van der Waals surface area contributed by atoms with Gasteiger partial charge in [-0.3, -0.25) is 5.10 Å². The monoisotopic (exact) mass is 259 g/mol. The SMILES string of the molecule is Cc1nc2c(=S)[nH]nc(-c3ccccc3)c2s1. The maximum Gasteiger partial charge on any atom is 0.147 e. The molecule has 0 aliphatic carbocycles. The van der Waals surface area contributed by atoms with E-state index in [0.29, 0.717) is 4.64 Å². The molecule has 1 N–H and O–H groups in total. The van der Waals surface area contributed by atoms with Crippen molar-refractivity contribution in [3.63, 3.8) is 0 Å². The molecule has 84 valence electrons. The first kappa shape index (κ1) is 10.6. The number of aromatic amines is 1. The maximum absolute atomic E-state index is 5.20. The quantitative estimate of drug-likeness (QED) is 0.677. The van der Waals surface area contributed by atoms with Crippen LogP contribution in [0, 0.1) is 11.6 Å². The molecule has 0 unspecified atom stereocenters. The molecule has 2 heterocycles. The number of aryl methyl sites for hydroxylation is 1. The second kappa shape index (κ2) is 4.01. The van der Waals surface area contributed by atoms with E-state index >= 15 is 0 Å². The van der Waals surface area contributed by atoms with E-state index in [1.165, 1.54) is 0 Å². The van der Waals surface area contributed by atoms with Crippen molar-refractivity contribution >= 4 is 33.8 Å². The zero-order valence-electron chi connectivity index (χ0n) is 9.10. The van der Waals surface area contributed by atoms with Crippen LogP contribution in [-0.2, 0) is 0 Å². The molecule has 3 aromatic rings. The molecule has 0 atom stereocenters. The molecule has 0 aliphatic rings. The molecule has 0 spiro atoms. The summed E-state index contributed by atoms with van der Waals surface area (Å²) in [7, 11) is 0. The lowest BCUT2D eigenvalue weighted by molar-refractivity contribution is 1.04. The normalized spacial score (nSPS) is 10.9. The van der Waals surface area contributed by atoms with Crippen molar-refractivity contribution < 1.29 is 0 Å². The molecular weight excluding hydrogens is 250 g/mol. The van der Waals surface area contributed by atoms with Gasteiger partial charge < -0.3 is 0 Å². The van der Waals surface area contributed by atoms with Crippen LogP contribution in [0.2, 0.25) is 0 Å². The van der Waals surface area contributed by atoms with Gasteiger partial charge in [-0.25, -0.2) is 4.98 Å². The fourth-order valence-electron chi connectivity index (χ4n) is 1.74. The van der Waals surface area contributed by atoms with Gasteiger partial charge in [-0.2, -0.15) is 5.10 Å². The van der Waals surface area contributed by atoms with Gasteiger partial charge >= 0.3 is 0 Å². The molecule has 0 saturated carbocycles. The molecule has 0 aliphatic heterocycles.